The third-order valence-corrected chi connectivity index (χ3v) is 3.53. The number of quaternary nitrogens is 1. The molecule has 0 fully saturated rings. The molecule has 2 atom stereocenters. The highest BCUT2D eigenvalue weighted by Gasteiger charge is 2.25. The topological polar surface area (TPSA) is 121 Å². The fourth-order valence-electron chi connectivity index (χ4n) is 2.49. The summed E-state index contributed by atoms with van der Waals surface area (Å²) < 4.78 is 5.68. The summed E-state index contributed by atoms with van der Waals surface area (Å²) in [5.41, 5.74) is 0. The van der Waals surface area contributed by atoms with Crippen molar-refractivity contribution < 1.29 is 38.9 Å². The van der Waals surface area contributed by atoms with Gasteiger partial charge in [-0.05, 0) is 12.8 Å². The van der Waals surface area contributed by atoms with E-state index >= 15 is 0 Å². The van der Waals surface area contributed by atoms with Gasteiger partial charge < -0.3 is 24.5 Å². The third kappa shape index (κ3) is 15.6. The molecule has 2 unspecified atom stereocenters. The monoisotopic (exact) mass is 362 g/mol. The lowest BCUT2D eigenvalue weighted by Crippen LogP contribution is -2.44. The van der Waals surface area contributed by atoms with Crippen molar-refractivity contribution >= 4 is 17.9 Å². The Bertz CT molecular complexity index is 431. The molecule has 8 heteroatoms. The summed E-state index contributed by atoms with van der Waals surface area (Å²) in [4.78, 5) is 33.2. The zero-order chi connectivity index (χ0) is 19.5. The van der Waals surface area contributed by atoms with Crippen LogP contribution in [0.3, 0.4) is 0 Å². The molecule has 0 aromatic rings. The summed E-state index contributed by atoms with van der Waals surface area (Å²) in [7, 11) is 5.63. The summed E-state index contributed by atoms with van der Waals surface area (Å²) in [6, 6.07) is 0. The van der Waals surface area contributed by atoms with Crippen LogP contribution in [-0.4, -0.2) is 77.6 Å². The van der Waals surface area contributed by atoms with Gasteiger partial charge in [-0.1, -0.05) is 19.3 Å². The van der Waals surface area contributed by atoms with E-state index in [4.69, 9.17) is 14.9 Å². The molecule has 8 nitrogen and oxygen atoms in total. The fourth-order valence-corrected chi connectivity index (χ4v) is 2.49. The Morgan fingerprint density at radius 1 is 0.920 bits per heavy atom. The molecule has 0 aromatic heterocycles. The van der Waals surface area contributed by atoms with E-state index in [0.29, 0.717) is 30.3 Å². The number of carboxylic acid groups (broad SMARTS) is 2. The number of hydrogen-bond acceptors (Lipinski definition) is 5. The first kappa shape index (κ1) is 23.3. The van der Waals surface area contributed by atoms with Crippen LogP contribution in [0.15, 0.2) is 0 Å². The minimum Gasteiger partial charge on any atom is -0.481 e. The molecule has 0 spiro atoms. The molecule has 0 aliphatic carbocycles. The molecule has 25 heavy (non-hydrogen) atoms. The maximum atomic E-state index is 11.9. The van der Waals surface area contributed by atoms with E-state index in [1.54, 1.807) is 0 Å². The zero-order valence-electron chi connectivity index (χ0n) is 15.4. The molecule has 0 amide bonds. The van der Waals surface area contributed by atoms with Gasteiger partial charge in [-0.25, -0.2) is 0 Å². The molecule has 0 aliphatic rings. The minimum atomic E-state index is -1.03. The van der Waals surface area contributed by atoms with E-state index in [9.17, 15) is 19.5 Å². The Hall–Kier alpha value is -1.67. The largest absolute Gasteiger partial charge is 0.481 e. The van der Waals surface area contributed by atoms with E-state index < -0.39 is 30.1 Å². The highest BCUT2D eigenvalue weighted by molar-refractivity contribution is 5.72. The standard InChI is InChI=1S/C17H31NO7/c1-18(2,3)12-14(11-16(22)23)25-17(24)10-13(19)8-6-4-5-7-9-15(20)21/h13-14,19H,4-12H2,1-3H3,(H-,20,21,22,23)/p+1. The molecule has 0 saturated heterocycles. The number of aliphatic hydroxyl groups excluding tert-OH is 1. The molecular weight excluding hydrogens is 330 g/mol. The number of rotatable bonds is 14. The fraction of sp³-hybridized carbons (Fsp3) is 0.824. The Kier molecular flexibility index (Phi) is 11.0. The van der Waals surface area contributed by atoms with Crippen molar-refractivity contribution in [1.82, 2.24) is 0 Å². The molecule has 146 valence electrons. The van der Waals surface area contributed by atoms with E-state index in [1.807, 2.05) is 21.1 Å². The number of likely N-dealkylation sites (N-methyl/N-ethyl adjacent to an activating group) is 1. The van der Waals surface area contributed by atoms with Crippen molar-refractivity contribution in [1.29, 1.82) is 0 Å². The van der Waals surface area contributed by atoms with Gasteiger partial charge in [0.25, 0.3) is 0 Å². The first-order valence-electron chi connectivity index (χ1n) is 8.61. The Morgan fingerprint density at radius 2 is 1.52 bits per heavy atom. The first-order valence-corrected chi connectivity index (χ1v) is 8.61. The highest BCUT2D eigenvalue weighted by Crippen LogP contribution is 2.12. The lowest BCUT2D eigenvalue weighted by Gasteiger charge is -2.28. The number of esters is 1. The predicted octanol–water partition coefficient (Wildman–Crippen LogP) is 1.26. The molecule has 0 aromatic carbocycles. The second-order valence-electron chi connectivity index (χ2n) is 7.39. The average Bonchev–Trinajstić information content (AvgIpc) is 2.39. The second kappa shape index (κ2) is 11.8. The maximum absolute atomic E-state index is 11.9. The molecule has 0 saturated carbocycles. The van der Waals surface area contributed by atoms with Crippen LogP contribution in [0.1, 0.15) is 51.4 Å². The molecule has 0 aliphatic heterocycles. The number of hydrogen-bond donors (Lipinski definition) is 3. The number of aliphatic hydroxyl groups is 1. The van der Waals surface area contributed by atoms with E-state index in [2.05, 4.69) is 0 Å². The molecule has 0 bridgehead atoms. The number of carbonyl (C=O) groups is 3. The van der Waals surface area contributed by atoms with Crippen LogP contribution in [0.2, 0.25) is 0 Å². The Labute approximate surface area is 149 Å². The Balaban J connectivity index is 4.10. The zero-order valence-corrected chi connectivity index (χ0v) is 15.4. The molecule has 0 radical (unpaired) electrons. The van der Waals surface area contributed by atoms with Gasteiger partial charge in [0, 0.05) is 6.42 Å². The maximum Gasteiger partial charge on any atom is 0.308 e. The number of carboxylic acids is 2. The average molecular weight is 362 g/mol. The van der Waals surface area contributed by atoms with Crippen molar-refractivity contribution in [3.05, 3.63) is 0 Å². The van der Waals surface area contributed by atoms with E-state index in [1.165, 1.54) is 0 Å². The quantitative estimate of drug-likeness (QED) is 0.241. The normalized spacial score (nSPS) is 13.9. The number of aliphatic carboxylic acids is 2. The van der Waals surface area contributed by atoms with Crippen LogP contribution in [0.5, 0.6) is 0 Å². The third-order valence-electron chi connectivity index (χ3n) is 3.53. The van der Waals surface area contributed by atoms with Gasteiger partial charge >= 0.3 is 17.9 Å². The SMILES string of the molecule is C[N+](C)(C)CC(CC(=O)O)OC(=O)CC(O)CCCCCCC(=O)O. The first-order chi connectivity index (χ1) is 11.5. The van der Waals surface area contributed by atoms with Crippen LogP contribution in [0, 0.1) is 0 Å². The van der Waals surface area contributed by atoms with Crippen molar-refractivity contribution in [2.24, 2.45) is 0 Å². The van der Waals surface area contributed by atoms with Crippen molar-refractivity contribution in [2.75, 3.05) is 27.7 Å². The molecule has 3 N–H and O–H groups in total. The Morgan fingerprint density at radius 3 is 2.04 bits per heavy atom. The van der Waals surface area contributed by atoms with Crippen LogP contribution in [-0.2, 0) is 19.1 Å². The summed E-state index contributed by atoms with van der Waals surface area (Å²) in [5.74, 6) is -2.45. The van der Waals surface area contributed by atoms with Crippen molar-refractivity contribution in [3.8, 4) is 0 Å². The highest BCUT2D eigenvalue weighted by atomic mass is 16.5. The van der Waals surface area contributed by atoms with Crippen molar-refractivity contribution in [2.45, 2.75) is 63.6 Å². The lowest BCUT2D eigenvalue weighted by molar-refractivity contribution is -0.873. The molecule has 0 heterocycles. The summed E-state index contributed by atoms with van der Waals surface area (Å²) >= 11 is 0. The summed E-state index contributed by atoms with van der Waals surface area (Å²) in [6.45, 7) is 0.373. The number of carbonyl (C=O) groups excluding carboxylic acids is 1. The molecular formula is C17H32NO7+. The van der Waals surface area contributed by atoms with Gasteiger partial charge in [0.15, 0.2) is 6.10 Å². The summed E-state index contributed by atoms with van der Waals surface area (Å²) in [5, 5.41) is 27.3. The van der Waals surface area contributed by atoms with E-state index in [-0.39, 0.29) is 19.3 Å². The number of nitrogens with zero attached hydrogens (tertiary/aromatic N) is 1. The van der Waals surface area contributed by atoms with Gasteiger partial charge in [0.1, 0.15) is 6.54 Å². The van der Waals surface area contributed by atoms with Crippen LogP contribution < -0.4 is 0 Å². The second-order valence-corrected chi connectivity index (χ2v) is 7.39. The van der Waals surface area contributed by atoms with Crippen LogP contribution in [0.25, 0.3) is 0 Å². The number of ether oxygens (including phenoxy) is 1. The number of unbranched alkanes of at least 4 members (excludes halogenated alkanes) is 3. The molecule has 0 rings (SSSR count). The van der Waals surface area contributed by atoms with Crippen molar-refractivity contribution in [3.63, 3.8) is 0 Å². The van der Waals surface area contributed by atoms with Gasteiger partial charge in [-0.15, -0.1) is 0 Å². The smallest absolute Gasteiger partial charge is 0.308 e. The van der Waals surface area contributed by atoms with E-state index in [0.717, 1.165) is 12.8 Å². The van der Waals surface area contributed by atoms with Crippen LogP contribution in [0.4, 0.5) is 0 Å². The van der Waals surface area contributed by atoms with Gasteiger partial charge in [-0.2, -0.15) is 0 Å². The summed E-state index contributed by atoms with van der Waals surface area (Å²) in [6.07, 6.45) is 1.46. The van der Waals surface area contributed by atoms with Gasteiger partial charge in [0.2, 0.25) is 0 Å². The van der Waals surface area contributed by atoms with Crippen LogP contribution >= 0.6 is 0 Å². The predicted molar refractivity (Wildman–Crippen MR) is 91.0 cm³/mol. The minimum absolute atomic E-state index is 0.145. The van der Waals surface area contributed by atoms with Gasteiger partial charge in [0.05, 0.1) is 40.1 Å². The van der Waals surface area contributed by atoms with Gasteiger partial charge in [-0.3, -0.25) is 14.4 Å². The lowest BCUT2D eigenvalue weighted by atomic mass is 10.1.